The fourth-order valence-corrected chi connectivity index (χ4v) is 5.79. The number of pyridine rings is 1. The van der Waals surface area contributed by atoms with Crippen molar-refractivity contribution in [1.29, 1.82) is 0 Å². The van der Waals surface area contributed by atoms with Crippen LogP contribution in [-0.4, -0.2) is 14.5 Å². The number of thiophene rings is 1. The third-order valence-electron chi connectivity index (χ3n) is 5.63. The molecule has 0 unspecified atom stereocenters. The molecule has 6 heteroatoms. The summed E-state index contributed by atoms with van der Waals surface area (Å²) in [6.45, 7) is 4.83. The van der Waals surface area contributed by atoms with Gasteiger partial charge in [-0.05, 0) is 36.1 Å². The first kappa shape index (κ1) is 20.9. The van der Waals surface area contributed by atoms with Crippen LogP contribution in [0.1, 0.15) is 29.5 Å². The lowest BCUT2D eigenvalue weighted by molar-refractivity contribution is 0.532. The van der Waals surface area contributed by atoms with E-state index in [2.05, 4.69) is 55.2 Å². The van der Waals surface area contributed by atoms with Crippen LogP contribution in [0.25, 0.3) is 20.4 Å². The van der Waals surface area contributed by atoms with Crippen molar-refractivity contribution >= 4 is 43.5 Å². The van der Waals surface area contributed by atoms with E-state index < -0.39 is 0 Å². The second-order valence-corrected chi connectivity index (χ2v) is 9.97. The Balaban J connectivity index is 1.59. The van der Waals surface area contributed by atoms with E-state index in [-0.39, 0.29) is 11.5 Å². The zero-order valence-electron chi connectivity index (χ0n) is 18.0. The van der Waals surface area contributed by atoms with Crippen LogP contribution in [0.3, 0.4) is 0 Å². The molecule has 2 aromatic carbocycles. The van der Waals surface area contributed by atoms with E-state index in [1.54, 1.807) is 18.0 Å². The molecular weight excluding hydrogens is 434 g/mol. The molecule has 0 aliphatic rings. The van der Waals surface area contributed by atoms with Gasteiger partial charge in [0.25, 0.3) is 5.56 Å². The normalized spacial score (nSPS) is 12.4. The third-order valence-corrected chi connectivity index (χ3v) is 7.77. The summed E-state index contributed by atoms with van der Waals surface area (Å²) in [5.74, 6) is 0.956. The zero-order valence-corrected chi connectivity index (χ0v) is 19.6. The van der Waals surface area contributed by atoms with Crippen LogP contribution in [0.4, 0.5) is 0 Å². The van der Waals surface area contributed by atoms with Gasteiger partial charge >= 0.3 is 0 Å². The number of hydrogen-bond acceptors (Lipinski definition) is 5. The summed E-state index contributed by atoms with van der Waals surface area (Å²) < 4.78 is 2.53. The summed E-state index contributed by atoms with van der Waals surface area (Å²) in [4.78, 5) is 23.9. The van der Waals surface area contributed by atoms with Crippen molar-refractivity contribution in [3.8, 4) is 0 Å². The van der Waals surface area contributed by atoms with E-state index in [0.717, 1.165) is 26.6 Å². The van der Waals surface area contributed by atoms with E-state index in [1.807, 2.05) is 34.9 Å². The van der Waals surface area contributed by atoms with Crippen molar-refractivity contribution in [2.45, 2.75) is 37.2 Å². The Labute approximate surface area is 195 Å². The minimum Gasteiger partial charge on any atom is -0.286 e. The smallest absolute Gasteiger partial charge is 0.272 e. The maximum atomic E-state index is 13.6. The Bertz CT molecular complexity index is 1440. The number of fused-ring (bicyclic) bond motifs is 3. The van der Waals surface area contributed by atoms with Crippen molar-refractivity contribution in [3.63, 3.8) is 0 Å². The average molecular weight is 458 g/mol. The van der Waals surface area contributed by atoms with Gasteiger partial charge in [0.2, 0.25) is 0 Å². The fraction of sp³-hybridized carbons (Fsp3) is 0.192. The molecule has 3 aromatic heterocycles. The second-order valence-electron chi connectivity index (χ2n) is 8.03. The molecule has 0 spiro atoms. The molecule has 0 radical (unpaired) electrons. The second kappa shape index (κ2) is 8.88. The van der Waals surface area contributed by atoms with Crippen LogP contribution >= 0.6 is 23.1 Å². The number of benzene rings is 2. The van der Waals surface area contributed by atoms with Crippen LogP contribution < -0.4 is 5.56 Å². The molecule has 5 aromatic rings. The lowest BCUT2D eigenvalue weighted by atomic mass is 10.0. The lowest BCUT2D eigenvalue weighted by Gasteiger charge is -2.17. The molecular formula is C26H23N3OS2. The van der Waals surface area contributed by atoms with E-state index in [4.69, 9.17) is 4.98 Å². The molecule has 5 rings (SSSR count). The first-order chi connectivity index (χ1) is 15.6. The Morgan fingerprint density at radius 3 is 2.59 bits per heavy atom. The van der Waals surface area contributed by atoms with Gasteiger partial charge in [-0.1, -0.05) is 78.8 Å². The third kappa shape index (κ3) is 4.08. The predicted octanol–water partition coefficient (Wildman–Crippen LogP) is 6.41. The number of hydrogen-bond donors (Lipinski definition) is 0. The highest BCUT2D eigenvalue weighted by Gasteiger charge is 2.19. The summed E-state index contributed by atoms with van der Waals surface area (Å²) in [6, 6.07) is 22.8. The zero-order chi connectivity index (χ0) is 22.1. The van der Waals surface area contributed by atoms with Gasteiger partial charge in [-0.3, -0.25) is 9.36 Å². The molecule has 1 atom stereocenters. The number of rotatable bonds is 6. The van der Waals surface area contributed by atoms with Gasteiger partial charge in [0.05, 0.1) is 5.52 Å². The molecule has 160 valence electrons. The summed E-state index contributed by atoms with van der Waals surface area (Å²) in [6.07, 6.45) is 1.76. The maximum absolute atomic E-state index is 13.6. The number of nitrogens with zero attached hydrogens (tertiary/aromatic N) is 3. The van der Waals surface area contributed by atoms with Crippen molar-refractivity contribution < 1.29 is 0 Å². The highest BCUT2D eigenvalue weighted by molar-refractivity contribution is 7.98. The molecule has 0 N–H and O–H groups in total. The van der Waals surface area contributed by atoms with Gasteiger partial charge in [0, 0.05) is 23.9 Å². The average Bonchev–Trinajstić information content (AvgIpc) is 3.20. The molecule has 3 heterocycles. The maximum Gasteiger partial charge on any atom is 0.272 e. The van der Waals surface area contributed by atoms with Gasteiger partial charge in [-0.25, -0.2) is 9.97 Å². The Hall–Kier alpha value is -2.96. The SMILES string of the molecule is Cc1ccc(CSc2nc3c(sc4ncccc43)c(=O)n2C[C@H](C)c2ccccc2)cc1. The summed E-state index contributed by atoms with van der Waals surface area (Å²) in [5, 5.41) is 1.71. The molecule has 0 saturated carbocycles. The van der Waals surface area contributed by atoms with Crippen LogP contribution in [0.5, 0.6) is 0 Å². The monoisotopic (exact) mass is 457 g/mol. The van der Waals surface area contributed by atoms with Crippen LogP contribution in [0, 0.1) is 6.92 Å². The topological polar surface area (TPSA) is 47.8 Å². The van der Waals surface area contributed by atoms with E-state index in [1.165, 1.54) is 28.0 Å². The van der Waals surface area contributed by atoms with Crippen molar-refractivity contribution in [2.24, 2.45) is 0 Å². The molecule has 0 fully saturated rings. The summed E-state index contributed by atoms with van der Waals surface area (Å²) in [5.41, 5.74) is 4.45. The van der Waals surface area contributed by atoms with Crippen molar-refractivity contribution in [3.05, 3.63) is 100.0 Å². The molecule has 32 heavy (non-hydrogen) atoms. The minimum atomic E-state index is 0.0205. The number of aryl methyl sites for hydroxylation is 1. The summed E-state index contributed by atoms with van der Waals surface area (Å²) >= 11 is 3.05. The van der Waals surface area contributed by atoms with Crippen molar-refractivity contribution in [2.75, 3.05) is 0 Å². The van der Waals surface area contributed by atoms with E-state index in [0.29, 0.717) is 11.2 Å². The van der Waals surface area contributed by atoms with Gasteiger partial charge in [-0.15, -0.1) is 11.3 Å². The Kier molecular flexibility index (Phi) is 5.81. The van der Waals surface area contributed by atoms with Crippen molar-refractivity contribution in [1.82, 2.24) is 14.5 Å². The largest absolute Gasteiger partial charge is 0.286 e. The first-order valence-corrected chi connectivity index (χ1v) is 12.4. The van der Waals surface area contributed by atoms with E-state index in [9.17, 15) is 4.79 Å². The van der Waals surface area contributed by atoms with Gasteiger partial charge in [0.1, 0.15) is 9.53 Å². The number of thioether (sulfide) groups is 1. The van der Waals surface area contributed by atoms with Gasteiger partial charge in [0.15, 0.2) is 5.16 Å². The number of aromatic nitrogens is 3. The highest BCUT2D eigenvalue weighted by Crippen LogP contribution is 2.32. The molecule has 0 bridgehead atoms. The molecule has 4 nitrogen and oxygen atoms in total. The van der Waals surface area contributed by atoms with Gasteiger partial charge in [-0.2, -0.15) is 0 Å². The van der Waals surface area contributed by atoms with Crippen LogP contribution in [-0.2, 0) is 12.3 Å². The first-order valence-electron chi connectivity index (χ1n) is 10.6. The molecule has 0 aliphatic carbocycles. The fourth-order valence-electron chi connectivity index (χ4n) is 3.81. The molecule has 0 aliphatic heterocycles. The minimum absolute atomic E-state index is 0.0205. The Morgan fingerprint density at radius 2 is 1.81 bits per heavy atom. The summed E-state index contributed by atoms with van der Waals surface area (Å²) in [7, 11) is 0. The standard InChI is InChI=1S/C26H23N3OS2/c1-17-10-12-19(13-11-17)16-31-26-28-22-21-9-6-14-27-24(21)32-23(22)25(30)29(26)15-18(2)20-7-4-3-5-8-20/h3-14,18H,15-16H2,1-2H3/t18-/m0/s1. The predicted molar refractivity (Wildman–Crippen MR) is 135 cm³/mol. The quantitative estimate of drug-likeness (QED) is 0.218. The molecule has 0 amide bonds. The van der Waals surface area contributed by atoms with Crippen LogP contribution in [0.15, 0.2) is 82.9 Å². The lowest BCUT2D eigenvalue weighted by Crippen LogP contribution is -2.25. The van der Waals surface area contributed by atoms with Crippen LogP contribution in [0.2, 0.25) is 0 Å². The van der Waals surface area contributed by atoms with E-state index >= 15 is 0 Å². The molecule has 0 saturated heterocycles. The highest BCUT2D eigenvalue weighted by atomic mass is 32.2. The van der Waals surface area contributed by atoms with Gasteiger partial charge < -0.3 is 0 Å². The Morgan fingerprint density at radius 1 is 1.03 bits per heavy atom.